The van der Waals surface area contributed by atoms with Crippen molar-refractivity contribution in [2.24, 2.45) is 0 Å². The monoisotopic (exact) mass is 770 g/mol. The lowest BCUT2D eigenvalue weighted by Crippen LogP contribution is -2.30. The van der Waals surface area contributed by atoms with Crippen LogP contribution in [0.5, 0.6) is 11.5 Å². The van der Waals surface area contributed by atoms with Crippen LogP contribution in [0, 0.1) is 0 Å². The summed E-state index contributed by atoms with van der Waals surface area (Å²) >= 11 is 0. The minimum absolute atomic E-state index is 0.474. The van der Waals surface area contributed by atoms with Gasteiger partial charge >= 0.3 is 0 Å². The summed E-state index contributed by atoms with van der Waals surface area (Å²) in [5.41, 5.74) is 14.1. The topological polar surface area (TPSA) is 18.5 Å². The highest BCUT2D eigenvalue weighted by atomic mass is 16.5. The number of rotatable bonds is 10. The van der Waals surface area contributed by atoms with Gasteiger partial charge in [0.2, 0.25) is 0 Å². The van der Waals surface area contributed by atoms with Crippen LogP contribution in [-0.4, -0.2) is 13.2 Å². The zero-order valence-corrected chi connectivity index (χ0v) is 33.3. The average molecular weight is 771 g/mol. The summed E-state index contributed by atoms with van der Waals surface area (Å²) in [6.45, 7) is 8.60. The molecule has 286 valence electrons. The Balaban J connectivity index is 1.14. The van der Waals surface area contributed by atoms with Gasteiger partial charge in [-0.25, -0.2) is 0 Å². The summed E-state index contributed by atoms with van der Waals surface area (Å²) in [7, 11) is 0. The molecule has 9 aromatic rings. The third kappa shape index (κ3) is 5.20. The highest BCUT2D eigenvalue weighted by Gasteiger charge is 2.48. The van der Waals surface area contributed by atoms with Crippen LogP contribution in [0.2, 0.25) is 0 Å². The van der Waals surface area contributed by atoms with Crippen molar-refractivity contribution >= 4 is 21.5 Å². The van der Waals surface area contributed by atoms with Crippen molar-refractivity contribution in [1.82, 2.24) is 0 Å². The first-order chi connectivity index (χ1) is 29.6. The van der Waals surface area contributed by atoms with Crippen molar-refractivity contribution < 1.29 is 9.47 Å². The van der Waals surface area contributed by atoms with Crippen LogP contribution in [0.3, 0.4) is 0 Å². The molecular formula is C58H42O2. The first kappa shape index (κ1) is 35.7. The van der Waals surface area contributed by atoms with Crippen LogP contribution in [0.15, 0.2) is 219 Å². The minimum atomic E-state index is -0.551. The normalized spacial score (nSPS) is 13.9. The fraction of sp³-hybridized carbons (Fsp3) is 0.0690. The van der Waals surface area contributed by atoms with Crippen LogP contribution in [0.25, 0.3) is 43.8 Å². The lowest BCUT2D eigenvalue weighted by molar-refractivity contribution is 0.363. The standard InChI is InChI=1S/C58H42O2/c1-3-33-59-47-31-23-39-35-45(25-21-41(39)37-47)57(53-17-9-5-13-49(53)50-14-6-10-18-54(50)57)43-27-29-44(30-28-43)58(55-19-11-7-15-51(55)52-16-8-12-20-56(52)58)46-26-22-42-38-48(60-34-4-2)32-24-40(42)36-46/h3-32,35-38H,1-2,33-34H2. The van der Waals surface area contributed by atoms with E-state index in [0.717, 1.165) is 22.3 Å². The molecule has 0 bridgehead atoms. The zero-order chi connectivity index (χ0) is 40.3. The van der Waals surface area contributed by atoms with E-state index in [1.54, 1.807) is 12.2 Å². The first-order valence-electron chi connectivity index (χ1n) is 20.7. The van der Waals surface area contributed by atoms with Gasteiger partial charge in [0.05, 0.1) is 10.8 Å². The van der Waals surface area contributed by atoms with Crippen LogP contribution in [-0.2, 0) is 10.8 Å². The summed E-state index contributed by atoms with van der Waals surface area (Å²) in [4.78, 5) is 0. The van der Waals surface area contributed by atoms with Crippen LogP contribution in [0.4, 0.5) is 0 Å². The Kier molecular flexibility index (Phi) is 8.42. The molecule has 0 radical (unpaired) electrons. The summed E-state index contributed by atoms with van der Waals surface area (Å²) in [6, 6.07) is 72.1. The van der Waals surface area contributed by atoms with E-state index in [-0.39, 0.29) is 0 Å². The summed E-state index contributed by atoms with van der Waals surface area (Å²) in [5, 5.41) is 4.62. The highest BCUT2D eigenvalue weighted by Crippen LogP contribution is 2.59. The van der Waals surface area contributed by atoms with E-state index < -0.39 is 10.8 Å². The van der Waals surface area contributed by atoms with E-state index in [0.29, 0.717) is 13.2 Å². The third-order valence-electron chi connectivity index (χ3n) is 12.9. The third-order valence-corrected chi connectivity index (χ3v) is 12.9. The summed E-state index contributed by atoms with van der Waals surface area (Å²) < 4.78 is 11.9. The largest absolute Gasteiger partial charge is 0.490 e. The van der Waals surface area contributed by atoms with Crippen molar-refractivity contribution in [3.63, 3.8) is 0 Å². The molecule has 2 aliphatic rings. The quantitative estimate of drug-likeness (QED) is 0.129. The van der Waals surface area contributed by atoms with Gasteiger partial charge < -0.3 is 9.47 Å². The maximum Gasteiger partial charge on any atom is 0.120 e. The average Bonchev–Trinajstić information content (AvgIpc) is 3.78. The van der Waals surface area contributed by atoms with Crippen LogP contribution >= 0.6 is 0 Å². The Morgan fingerprint density at radius 1 is 0.333 bits per heavy atom. The van der Waals surface area contributed by atoms with E-state index in [2.05, 4.69) is 207 Å². The molecule has 0 unspecified atom stereocenters. The van der Waals surface area contributed by atoms with Gasteiger partial charge in [0, 0.05) is 0 Å². The van der Waals surface area contributed by atoms with Crippen LogP contribution in [0.1, 0.15) is 44.5 Å². The van der Waals surface area contributed by atoms with E-state index in [1.807, 2.05) is 0 Å². The number of benzene rings is 9. The number of fused-ring (bicyclic) bond motifs is 8. The van der Waals surface area contributed by atoms with Gasteiger partial charge in [-0.15, -0.1) is 0 Å². The molecule has 0 amide bonds. The molecule has 0 heterocycles. The van der Waals surface area contributed by atoms with Gasteiger partial charge in [-0.2, -0.15) is 0 Å². The predicted octanol–water partition coefficient (Wildman–Crippen LogP) is 13.8. The second-order valence-corrected chi connectivity index (χ2v) is 15.9. The molecule has 0 saturated heterocycles. The number of hydrogen-bond donors (Lipinski definition) is 0. The van der Waals surface area contributed by atoms with Crippen LogP contribution < -0.4 is 9.47 Å². The molecule has 60 heavy (non-hydrogen) atoms. The van der Waals surface area contributed by atoms with Crippen molar-refractivity contribution in [1.29, 1.82) is 0 Å². The predicted molar refractivity (Wildman–Crippen MR) is 247 cm³/mol. The number of ether oxygens (including phenoxy) is 2. The van der Waals surface area contributed by atoms with Crippen molar-refractivity contribution in [3.8, 4) is 33.8 Å². The maximum absolute atomic E-state index is 5.93. The Morgan fingerprint density at radius 2 is 0.633 bits per heavy atom. The van der Waals surface area contributed by atoms with Crippen molar-refractivity contribution in [2.45, 2.75) is 10.8 Å². The second-order valence-electron chi connectivity index (χ2n) is 15.9. The zero-order valence-electron chi connectivity index (χ0n) is 33.3. The van der Waals surface area contributed by atoms with E-state index in [4.69, 9.17) is 9.47 Å². The molecular weight excluding hydrogens is 729 g/mol. The maximum atomic E-state index is 5.93. The fourth-order valence-corrected chi connectivity index (χ4v) is 10.4. The van der Waals surface area contributed by atoms with Gasteiger partial charge in [-0.3, -0.25) is 0 Å². The Morgan fingerprint density at radius 3 is 0.983 bits per heavy atom. The van der Waals surface area contributed by atoms with Gasteiger partial charge in [-0.05, 0) is 125 Å². The van der Waals surface area contributed by atoms with Gasteiger partial charge in [0.1, 0.15) is 24.7 Å². The lowest BCUT2D eigenvalue weighted by atomic mass is 9.65. The van der Waals surface area contributed by atoms with Crippen molar-refractivity contribution in [3.05, 3.63) is 264 Å². The fourth-order valence-electron chi connectivity index (χ4n) is 10.4. The molecule has 0 spiro atoms. The lowest BCUT2D eigenvalue weighted by Gasteiger charge is -2.36. The van der Waals surface area contributed by atoms with Gasteiger partial charge in [0.15, 0.2) is 0 Å². The van der Waals surface area contributed by atoms with Gasteiger partial charge in [-0.1, -0.05) is 183 Å². The van der Waals surface area contributed by atoms with Gasteiger partial charge in [0.25, 0.3) is 0 Å². The molecule has 9 aromatic carbocycles. The van der Waals surface area contributed by atoms with E-state index >= 15 is 0 Å². The molecule has 0 fully saturated rings. The van der Waals surface area contributed by atoms with Crippen molar-refractivity contribution in [2.75, 3.05) is 13.2 Å². The Bertz CT molecular complexity index is 2850. The molecule has 2 aliphatic carbocycles. The molecule has 0 saturated carbocycles. The molecule has 11 rings (SSSR count). The molecule has 0 atom stereocenters. The Hall–Kier alpha value is -7.42. The second kappa shape index (κ2) is 14.1. The summed E-state index contributed by atoms with van der Waals surface area (Å²) in [6.07, 6.45) is 3.56. The molecule has 2 heteroatoms. The molecule has 0 aliphatic heterocycles. The van der Waals surface area contributed by atoms with E-state index in [9.17, 15) is 0 Å². The molecule has 2 nitrogen and oxygen atoms in total. The highest BCUT2D eigenvalue weighted by molar-refractivity contribution is 5.92. The SMILES string of the molecule is C=CCOc1ccc2cc(C3(c4ccc(C5(c6ccc7cc(OCC=C)ccc7c6)c6ccccc6-c6ccccc65)cc4)c4ccccc4-c4ccccc43)ccc2c1. The minimum Gasteiger partial charge on any atom is -0.490 e. The smallest absolute Gasteiger partial charge is 0.120 e. The Labute approximate surface area is 351 Å². The first-order valence-corrected chi connectivity index (χ1v) is 20.7. The molecule has 0 aromatic heterocycles. The molecule has 0 N–H and O–H groups in total. The van der Waals surface area contributed by atoms with E-state index in [1.165, 1.54) is 77.5 Å². The number of hydrogen-bond acceptors (Lipinski definition) is 2. The summed E-state index contributed by atoms with van der Waals surface area (Å²) in [5.74, 6) is 1.68.